The van der Waals surface area contributed by atoms with Crippen molar-refractivity contribution in [2.24, 2.45) is 0 Å². The molecule has 2 aromatic heterocycles. The number of rotatable bonds is 5. The Labute approximate surface area is 182 Å². The van der Waals surface area contributed by atoms with Crippen LogP contribution < -0.4 is 5.32 Å². The second-order valence-electron chi connectivity index (χ2n) is 9.82. The zero-order valence-corrected chi connectivity index (χ0v) is 18.9. The van der Waals surface area contributed by atoms with Gasteiger partial charge in [0.1, 0.15) is 5.69 Å². The summed E-state index contributed by atoms with van der Waals surface area (Å²) in [5, 5.41) is 12.6. The Kier molecular flexibility index (Phi) is 4.98. The first-order valence-corrected chi connectivity index (χ1v) is 11.1. The number of aromatic nitrogens is 3. The summed E-state index contributed by atoms with van der Waals surface area (Å²) in [4.78, 5) is 4.98. The molecule has 164 valence electrons. The van der Waals surface area contributed by atoms with Gasteiger partial charge in [-0.15, -0.1) is 5.10 Å². The molecule has 1 saturated carbocycles. The van der Waals surface area contributed by atoms with Crippen molar-refractivity contribution in [3.63, 3.8) is 0 Å². The maximum absolute atomic E-state index is 5.85. The van der Waals surface area contributed by atoms with Crippen LogP contribution in [0, 0.1) is 6.92 Å². The van der Waals surface area contributed by atoms with Crippen LogP contribution in [0.4, 0.5) is 6.01 Å². The van der Waals surface area contributed by atoms with E-state index in [0.717, 1.165) is 5.52 Å². The highest BCUT2D eigenvalue weighted by molar-refractivity contribution is 5.88. The van der Waals surface area contributed by atoms with Crippen LogP contribution in [0.1, 0.15) is 63.1 Å². The van der Waals surface area contributed by atoms with Crippen LogP contribution in [-0.2, 0) is 14.9 Å². The van der Waals surface area contributed by atoms with E-state index >= 15 is 0 Å². The van der Waals surface area contributed by atoms with Gasteiger partial charge < -0.3 is 19.2 Å². The van der Waals surface area contributed by atoms with E-state index in [0.29, 0.717) is 36.7 Å². The number of benzene rings is 1. The second-order valence-corrected chi connectivity index (χ2v) is 9.82. The molecule has 2 atom stereocenters. The molecule has 5 rings (SSSR count). The van der Waals surface area contributed by atoms with E-state index in [1.54, 1.807) is 0 Å². The van der Waals surface area contributed by atoms with Crippen molar-refractivity contribution in [3.8, 4) is 11.6 Å². The molecule has 1 saturated heterocycles. The molecule has 1 unspecified atom stereocenters. The third kappa shape index (κ3) is 4.16. The molecule has 0 radical (unpaired) electrons. The standard InChI is InChI=1S/C24H30N4O3/c1-13-8-19(22-27-28-23(31-22)25-11-20-29-12-14(2)30-20)26-21-17(13)9-16(15-6-7-15)10-18(21)24(3,4)5/h8-10,14-15,20H,6-7,11-12H2,1-5H3,(H,25,28)/t14-,20?/m0/s1. The van der Waals surface area contributed by atoms with Gasteiger partial charge in [-0.05, 0) is 66.8 Å². The number of hydrogen-bond donors (Lipinski definition) is 1. The molecule has 0 amide bonds. The Hall–Kier alpha value is -2.51. The number of ether oxygens (including phenoxy) is 2. The highest BCUT2D eigenvalue weighted by atomic mass is 16.7. The average molecular weight is 423 g/mol. The highest BCUT2D eigenvalue weighted by Gasteiger charge is 2.28. The average Bonchev–Trinajstić information content (AvgIpc) is 3.31. The van der Waals surface area contributed by atoms with Gasteiger partial charge in [0, 0.05) is 5.39 Å². The number of fused-ring (bicyclic) bond motifs is 1. The summed E-state index contributed by atoms with van der Waals surface area (Å²) >= 11 is 0. The Morgan fingerprint density at radius 1 is 1.13 bits per heavy atom. The molecule has 1 aliphatic carbocycles. The van der Waals surface area contributed by atoms with Crippen LogP contribution in [0.25, 0.3) is 22.5 Å². The normalized spacial score (nSPS) is 21.7. The minimum absolute atomic E-state index is 0.0127. The third-order valence-electron chi connectivity index (χ3n) is 5.96. The molecule has 7 heteroatoms. The van der Waals surface area contributed by atoms with E-state index in [4.69, 9.17) is 18.9 Å². The summed E-state index contributed by atoms with van der Waals surface area (Å²) in [6, 6.07) is 7.03. The zero-order chi connectivity index (χ0) is 21.8. The van der Waals surface area contributed by atoms with E-state index in [1.165, 1.54) is 34.9 Å². The summed E-state index contributed by atoms with van der Waals surface area (Å²) in [7, 11) is 0. The molecule has 2 fully saturated rings. The predicted octanol–water partition coefficient (Wildman–Crippen LogP) is 4.94. The Balaban J connectivity index is 1.46. The van der Waals surface area contributed by atoms with Crippen LogP contribution in [0.2, 0.25) is 0 Å². The van der Waals surface area contributed by atoms with E-state index < -0.39 is 0 Å². The molecule has 3 heterocycles. The Morgan fingerprint density at radius 2 is 1.94 bits per heavy atom. The van der Waals surface area contributed by atoms with Crippen molar-refractivity contribution in [1.82, 2.24) is 15.2 Å². The quantitative estimate of drug-likeness (QED) is 0.623. The van der Waals surface area contributed by atoms with Gasteiger partial charge >= 0.3 is 6.01 Å². The van der Waals surface area contributed by atoms with Gasteiger partial charge in [-0.25, -0.2) is 4.98 Å². The summed E-state index contributed by atoms with van der Waals surface area (Å²) in [6.07, 6.45) is 2.37. The van der Waals surface area contributed by atoms with Crippen LogP contribution in [0.3, 0.4) is 0 Å². The van der Waals surface area contributed by atoms with Crippen molar-refractivity contribution in [2.45, 2.75) is 71.2 Å². The van der Waals surface area contributed by atoms with Crippen molar-refractivity contribution in [2.75, 3.05) is 18.5 Å². The number of nitrogens with one attached hydrogen (secondary N) is 1. The predicted molar refractivity (Wildman–Crippen MR) is 119 cm³/mol. The maximum Gasteiger partial charge on any atom is 0.315 e. The molecule has 7 nitrogen and oxygen atoms in total. The fraction of sp³-hybridized carbons (Fsp3) is 0.542. The van der Waals surface area contributed by atoms with Gasteiger partial charge in [0.2, 0.25) is 0 Å². The van der Waals surface area contributed by atoms with Crippen molar-refractivity contribution in [1.29, 1.82) is 0 Å². The maximum atomic E-state index is 5.85. The Morgan fingerprint density at radius 3 is 2.61 bits per heavy atom. The minimum Gasteiger partial charge on any atom is -0.402 e. The first-order chi connectivity index (χ1) is 14.8. The van der Waals surface area contributed by atoms with Crippen LogP contribution in [-0.4, -0.2) is 40.7 Å². The number of pyridine rings is 1. The lowest BCUT2D eigenvalue weighted by atomic mass is 9.83. The van der Waals surface area contributed by atoms with Gasteiger partial charge in [-0.3, -0.25) is 0 Å². The van der Waals surface area contributed by atoms with E-state index in [1.807, 2.05) is 13.0 Å². The lowest BCUT2D eigenvalue weighted by molar-refractivity contribution is -0.0434. The number of nitrogens with zero attached hydrogens (tertiary/aromatic N) is 3. The fourth-order valence-electron chi connectivity index (χ4n) is 4.10. The van der Waals surface area contributed by atoms with Crippen molar-refractivity contribution in [3.05, 3.63) is 34.9 Å². The second kappa shape index (κ2) is 7.57. The largest absolute Gasteiger partial charge is 0.402 e. The molecule has 1 aromatic carbocycles. The molecule has 1 aliphatic heterocycles. The van der Waals surface area contributed by atoms with Crippen LogP contribution in [0.5, 0.6) is 0 Å². The summed E-state index contributed by atoms with van der Waals surface area (Å²) < 4.78 is 17.0. The molecular weight excluding hydrogens is 392 g/mol. The number of aryl methyl sites for hydroxylation is 1. The minimum atomic E-state index is -0.304. The van der Waals surface area contributed by atoms with Gasteiger partial charge in [-0.1, -0.05) is 31.9 Å². The monoisotopic (exact) mass is 422 g/mol. The molecule has 3 aromatic rings. The van der Waals surface area contributed by atoms with E-state index in [-0.39, 0.29) is 17.8 Å². The van der Waals surface area contributed by atoms with E-state index in [2.05, 4.69) is 55.3 Å². The molecule has 31 heavy (non-hydrogen) atoms. The third-order valence-corrected chi connectivity index (χ3v) is 5.96. The van der Waals surface area contributed by atoms with Gasteiger partial charge in [0.25, 0.3) is 5.89 Å². The molecule has 2 aliphatic rings. The van der Waals surface area contributed by atoms with Gasteiger partial charge in [0.15, 0.2) is 6.29 Å². The molecule has 1 N–H and O–H groups in total. The van der Waals surface area contributed by atoms with Crippen LogP contribution in [0.15, 0.2) is 22.6 Å². The first-order valence-electron chi connectivity index (χ1n) is 11.1. The highest BCUT2D eigenvalue weighted by Crippen LogP contribution is 2.44. The van der Waals surface area contributed by atoms with Crippen LogP contribution >= 0.6 is 0 Å². The summed E-state index contributed by atoms with van der Waals surface area (Å²) in [5.74, 6) is 1.10. The van der Waals surface area contributed by atoms with Gasteiger partial charge in [0.05, 0.1) is 24.8 Å². The fourth-order valence-corrected chi connectivity index (χ4v) is 4.10. The summed E-state index contributed by atoms with van der Waals surface area (Å²) in [5.41, 5.74) is 5.56. The first kappa shape index (κ1) is 20.4. The lowest BCUT2D eigenvalue weighted by Gasteiger charge is -2.23. The topological polar surface area (TPSA) is 82.3 Å². The molecular formula is C24H30N4O3. The van der Waals surface area contributed by atoms with E-state index in [9.17, 15) is 0 Å². The SMILES string of the molecule is Cc1cc(-c2nnc(NCC3OC[C@H](C)O3)o2)nc2c(C(C)(C)C)cc(C3CC3)cc12. The van der Waals surface area contributed by atoms with Crippen molar-refractivity contribution >= 4 is 16.9 Å². The number of anilines is 1. The molecule has 0 spiro atoms. The smallest absolute Gasteiger partial charge is 0.315 e. The zero-order valence-electron chi connectivity index (χ0n) is 18.9. The van der Waals surface area contributed by atoms with Gasteiger partial charge in [-0.2, -0.15) is 0 Å². The summed E-state index contributed by atoms with van der Waals surface area (Å²) in [6.45, 7) is 11.9. The number of hydrogen-bond acceptors (Lipinski definition) is 7. The lowest BCUT2D eigenvalue weighted by Crippen LogP contribution is -2.21. The van der Waals surface area contributed by atoms with Crippen molar-refractivity contribution < 1.29 is 13.9 Å². The Bertz CT molecular complexity index is 1110. The molecule has 0 bridgehead atoms.